The van der Waals surface area contributed by atoms with Crippen molar-refractivity contribution in [2.24, 2.45) is 0 Å². The number of halogens is 2. The zero-order valence-corrected chi connectivity index (χ0v) is 12.3. The molecular weight excluding hydrogens is 267 g/mol. The summed E-state index contributed by atoms with van der Waals surface area (Å²) >= 11 is 12.1. The van der Waals surface area contributed by atoms with Crippen LogP contribution in [0.5, 0.6) is 0 Å². The molecule has 1 aromatic heterocycles. The van der Waals surface area contributed by atoms with Gasteiger partial charge in [0.05, 0.1) is 5.69 Å². The van der Waals surface area contributed by atoms with Gasteiger partial charge in [-0.1, -0.05) is 55.3 Å². The second kappa shape index (κ2) is 6.63. The number of rotatable bonds is 2. The topological polar surface area (TPSA) is 24.9 Å². The van der Waals surface area contributed by atoms with Gasteiger partial charge in [0, 0.05) is 6.04 Å². The number of pyridine rings is 1. The maximum absolute atomic E-state index is 6.17. The first-order valence-corrected chi connectivity index (χ1v) is 7.51. The van der Waals surface area contributed by atoms with Gasteiger partial charge in [0.1, 0.15) is 5.15 Å². The Morgan fingerprint density at radius 3 is 2.33 bits per heavy atom. The molecule has 0 atom stereocenters. The molecule has 0 radical (unpaired) electrons. The number of hydrogen-bond acceptors (Lipinski definition) is 2. The molecule has 2 nitrogen and oxygen atoms in total. The first-order chi connectivity index (χ1) is 8.66. The monoisotopic (exact) mass is 286 g/mol. The molecule has 1 N–H and O–H groups in total. The van der Waals surface area contributed by atoms with Crippen molar-refractivity contribution in [2.75, 3.05) is 5.32 Å². The Balaban J connectivity index is 2.07. The van der Waals surface area contributed by atoms with Crippen LogP contribution < -0.4 is 5.32 Å². The van der Waals surface area contributed by atoms with Crippen molar-refractivity contribution >= 4 is 28.9 Å². The summed E-state index contributed by atoms with van der Waals surface area (Å²) in [6, 6.07) is 2.38. The molecule has 1 aromatic rings. The molecule has 0 amide bonds. The summed E-state index contributed by atoms with van der Waals surface area (Å²) in [5.41, 5.74) is 2.02. The van der Waals surface area contributed by atoms with Gasteiger partial charge in [0.25, 0.3) is 0 Å². The number of nitrogens with one attached hydrogen (secondary N) is 1. The van der Waals surface area contributed by atoms with E-state index in [-0.39, 0.29) is 0 Å². The normalized spacial score (nSPS) is 18.2. The van der Waals surface area contributed by atoms with Crippen LogP contribution in [0.4, 0.5) is 5.69 Å². The highest BCUT2D eigenvalue weighted by Crippen LogP contribution is 2.29. The Bertz CT molecular complexity index is 376. The van der Waals surface area contributed by atoms with E-state index >= 15 is 0 Å². The number of nitrogens with zero attached hydrogens (tertiary/aromatic N) is 1. The van der Waals surface area contributed by atoms with Crippen molar-refractivity contribution < 1.29 is 0 Å². The number of aromatic nitrogens is 1. The maximum atomic E-state index is 6.17. The SMILES string of the molecule is Cc1cc(Cl)nc(Cl)c1NC1CCCCCCC1. The molecule has 1 fully saturated rings. The fourth-order valence-electron chi connectivity index (χ4n) is 2.57. The van der Waals surface area contributed by atoms with E-state index in [9.17, 15) is 0 Å². The summed E-state index contributed by atoms with van der Waals surface area (Å²) in [6.07, 6.45) is 9.13. The van der Waals surface area contributed by atoms with E-state index in [1.54, 1.807) is 0 Å². The third-order valence-electron chi connectivity index (χ3n) is 3.59. The molecule has 0 bridgehead atoms. The molecule has 2 rings (SSSR count). The van der Waals surface area contributed by atoms with E-state index in [2.05, 4.69) is 10.3 Å². The molecule has 1 saturated carbocycles. The quantitative estimate of drug-likeness (QED) is 0.754. The minimum Gasteiger partial charge on any atom is -0.380 e. The Labute approximate surface area is 119 Å². The molecule has 0 aliphatic heterocycles. The van der Waals surface area contributed by atoms with E-state index in [1.807, 2.05) is 13.0 Å². The smallest absolute Gasteiger partial charge is 0.154 e. The molecule has 1 aliphatic rings. The highest BCUT2D eigenvalue weighted by Gasteiger charge is 2.15. The van der Waals surface area contributed by atoms with Crippen molar-refractivity contribution in [2.45, 2.75) is 57.9 Å². The molecule has 0 unspecified atom stereocenters. The lowest BCUT2D eigenvalue weighted by atomic mass is 9.96. The van der Waals surface area contributed by atoms with Crippen molar-refractivity contribution in [1.82, 2.24) is 4.98 Å². The van der Waals surface area contributed by atoms with Crippen molar-refractivity contribution in [3.63, 3.8) is 0 Å². The van der Waals surface area contributed by atoms with Gasteiger partial charge in [-0.05, 0) is 31.4 Å². The van der Waals surface area contributed by atoms with Crippen LogP contribution in [0.15, 0.2) is 6.07 Å². The molecular formula is C14H20Cl2N2. The third kappa shape index (κ3) is 3.76. The Kier molecular flexibility index (Phi) is 5.13. The first kappa shape index (κ1) is 14.0. The van der Waals surface area contributed by atoms with Crippen molar-refractivity contribution in [3.05, 3.63) is 21.9 Å². The number of hydrogen-bond donors (Lipinski definition) is 1. The Morgan fingerprint density at radius 1 is 1.11 bits per heavy atom. The van der Waals surface area contributed by atoms with Crippen LogP contribution in [0.1, 0.15) is 50.5 Å². The summed E-state index contributed by atoms with van der Waals surface area (Å²) in [5.74, 6) is 0. The predicted molar refractivity (Wildman–Crippen MR) is 78.7 cm³/mol. The highest BCUT2D eigenvalue weighted by molar-refractivity contribution is 6.34. The van der Waals surface area contributed by atoms with E-state index in [4.69, 9.17) is 23.2 Å². The number of anilines is 1. The minimum absolute atomic E-state index is 0.459. The summed E-state index contributed by atoms with van der Waals surface area (Å²) in [4.78, 5) is 4.11. The second-order valence-electron chi connectivity index (χ2n) is 5.11. The maximum Gasteiger partial charge on any atom is 0.154 e. The van der Waals surface area contributed by atoms with Gasteiger partial charge in [-0.25, -0.2) is 4.98 Å². The highest BCUT2D eigenvalue weighted by atomic mass is 35.5. The lowest BCUT2D eigenvalue weighted by Gasteiger charge is -2.23. The van der Waals surface area contributed by atoms with Gasteiger partial charge < -0.3 is 5.32 Å². The van der Waals surface area contributed by atoms with E-state index in [1.165, 1.54) is 44.9 Å². The molecule has 18 heavy (non-hydrogen) atoms. The van der Waals surface area contributed by atoms with Crippen LogP contribution in [0, 0.1) is 6.92 Å². The molecule has 1 heterocycles. The fourth-order valence-corrected chi connectivity index (χ4v) is 3.16. The molecule has 1 aliphatic carbocycles. The molecule has 0 spiro atoms. The molecule has 4 heteroatoms. The fraction of sp³-hybridized carbons (Fsp3) is 0.643. The van der Waals surface area contributed by atoms with Crippen LogP contribution in [-0.2, 0) is 0 Å². The summed E-state index contributed by atoms with van der Waals surface area (Å²) in [6.45, 7) is 2.02. The summed E-state index contributed by atoms with van der Waals surface area (Å²) in [7, 11) is 0. The molecule has 0 saturated heterocycles. The van der Waals surface area contributed by atoms with Gasteiger partial charge in [-0.2, -0.15) is 0 Å². The summed E-state index contributed by atoms with van der Waals surface area (Å²) < 4.78 is 0. The van der Waals surface area contributed by atoms with Crippen molar-refractivity contribution in [3.8, 4) is 0 Å². The van der Waals surface area contributed by atoms with Gasteiger partial charge in [-0.3, -0.25) is 0 Å². The van der Waals surface area contributed by atoms with Gasteiger partial charge in [0.2, 0.25) is 0 Å². The van der Waals surface area contributed by atoms with Gasteiger partial charge in [-0.15, -0.1) is 0 Å². The van der Waals surface area contributed by atoms with Crippen LogP contribution in [-0.4, -0.2) is 11.0 Å². The average Bonchev–Trinajstić information content (AvgIpc) is 2.25. The van der Waals surface area contributed by atoms with Crippen LogP contribution in [0.3, 0.4) is 0 Å². The van der Waals surface area contributed by atoms with Crippen molar-refractivity contribution in [1.29, 1.82) is 0 Å². The molecule has 100 valence electrons. The predicted octanol–water partition coefficient (Wildman–Crippen LogP) is 5.22. The van der Waals surface area contributed by atoms with Gasteiger partial charge >= 0.3 is 0 Å². The van der Waals surface area contributed by atoms with E-state index in [0.29, 0.717) is 16.3 Å². The summed E-state index contributed by atoms with van der Waals surface area (Å²) in [5, 5.41) is 4.51. The zero-order chi connectivity index (χ0) is 13.0. The second-order valence-corrected chi connectivity index (χ2v) is 5.86. The van der Waals surface area contributed by atoms with E-state index < -0.39 is 0 Å². The Hall–Kier alpha value is -0.470. The Morgan fingerprint density at radius 2 is 1.72 bits per heavy atom. The van der Waals surface area contributed by atoms with Gasteiger partial charge in [0.15, 0.2) is 5.15 Å². The van der Waals surface area contributed by atoms with Crippen LogP contribution in [0.25, 0.3) is 0 Å². The standard InChI is InChI=1S/C14H20Cl2N2/c1-10-9-12(15)18-14(16)13(10)17-11-7-5-3-2-4-6-8-11/h9,11,17H,2-8H2,1H3. The largest absolute Gasteiger partial charge is 0.380 e. The first-order valence-electron chi connectivity index (χ1n) is 6.76. The van der Waals surface area contributed by atoms with Crippen LogP contribution in [0.2, 0.25) is 10.3 Å². The van der Waals surface area contributed by atoms with Crippen LogP contribution >= 0.6 is 23.2 Å². The third-order valence-corrected chi connectivity index (χ3v) is 4.06. The minimum atomic E-state index is 0.459. The van der Waals surface area contributed by atoms with E-state index in [0.717, 1.165) is 11.3 Å². The lowest BCUT2D eigenvalue weighted by molar-refractivity contribution is 0.471. The zero-order valence-electron chi connectivity index (χ0n) is 10.8. The average molecular weight is 287 g/mol. The number of aryl methyl sites for hydroxylation is 1. The lowest BCUT2D eigenvalue weighted by Crippen LogP contribution is -2.21. The molecule has 0 aromatic carbocycles.